The average Bonchev–Trinajstić information content (AvgIpc) is 2.30. The molecule has 82 valence electrons. The van der Waals surface area contributed by atoms with E-state index in [1.54, 1.807) is 0 Å². The van der Waals surface area contributed by atoms with E-state index >= 15 is 0 Å². The van der Waals surface area contributed by atoms with Crippen molar-refractivity contribution in [1.29, 1.82) is 0 Å². The maximum atomic E-state index is 11.1. The number of rotatable bonds is 3. The number of carbonyl (C=O) groups is 1. The van der Waals surface area contributed by atoms with Crippen LogP contribution in [0.3, 0.4) is 0 Å². The van der Waals surface area contributed by atoms with E-state index in [-0.39, 0.29) is 5.91 Å². The highest BCUT2D eigenvalue weighted by Crippen LogP contribution is 2.10. The molecule has 0 spiro atoms. The van der Waals surface area contributed by atoms with Crippen molar-refractivity contribution >= 4 is 12.1 Å². The number of carbonyl (C=O) groups excluding carboxylic acids is 1. The lowest BCUT2D eigenvalue weighted by Gasteiger charge is -2.06. The van der Waals surface area contributed by atoms with Crippen molar-refractivity contribution in [2.45, 2.75) is 19.4 Å². The third kappa shape index (κ3) is 2.57. The zero-order valence-electron chi connectivity index (χ0n) is 9.10. The Morgan fingerprint density at radius 1 is 1.31 bits per heavy atom. The number of nitrogens with zero attached hydrogens (tertiary/aromatic N) is 1. The lowest BCUT2D eigenvalue weighted by Crippen LogP contribution is -2.20. The summed E-state index contributed by atoms with van der Waals surface area (Å²) in [7, 11) is 0. The highest BCUT2D eigenvalue weighted by atomic mass is 16.1. The average molecular weight is 215 g/mol. The van der Waals surface area contributed by atoms with Crippen molar-refractivity contribution in [2.24, 2.45) is 5.73 Å². The van der Waals surface area contributed by atoms with Gasteiger partial charge in [0.05, 0.1) is 5.57 Å². The molecule has 1 aromatic rings. The van der Waals surface area contributed by atoms with Gasteiger partial charge in [-0.1, -0.05) is 30.3 Å². The Morgan fingerprint density at radius 2 is 2.06 bits per heavy atom. The molecule has 1 aromatic carbocycles. The Morgan fingerprint density at radius 3 is 2.75 bits per heavy atom. The molecule has 3 nitrogen and oxygen atoms in total. The predicted octanol–water partition coefficient (Wildman–Crippen LogP) is 1.43. The molecule has 3 heteroatoms. The van der Waals surface area contributed by atoms with Crippen LogP contribution in [0.1, 0.15) is 18.4 Å². The third-order valence-corrected chi connectivity index (χ3v) is 2.62. The SMILES string of the molecule is NC(=O)C1=C[N+](Cc2ccccc2)=CCC1. The summed E-state index contributed by atoms with van der Waals surface area (Å²) in [6, 6.07) is 10.2. The zero-order valence-corrected chi connectivity index (χ0v) is 9.10. The fraction of sp³-hybridized carbons (Fsp3) is 0.231. The van der Waals surface area contributed by atoms with E-state index < -0.39 is 0 Å². The largest absolute Gasteiger partial charge is 0.366 e. The highest BCUT2D eigenvalue weighted by Gasteiger charge is 2.15. The Kier molecular flexibility index (Phi) is 3.15. The normalized spacial score (nSPS) is 15.2. The van der Waals surface area contributed by atoms with E-state index in [1.165, 1.54) is 5.56 Å². The van der Waals surface area contributed by atoms with Gasteiger partial charge in [-0.05, 0) is 6.42 Å². The molecule has 0 unspecified atom stereocenters. The Bertz CT molecular complexity index is 446. The van der Waals surface area contributed by atoms with Crippen molar-refractivity contribution in [3.8, 4) is 0 Å². The van der Waals surface area contributed by atoms with Gasteiger partial charge in [0, 0.05) is 12.0 Å². The molecule has 0 saturated carbocycles. The second-order valence-electron chi connectivity index (χ2n) is 3.90. The van der Waals surface area contributed by atoms with Gasteiger partial charge >= 0.3 is 0 Å². The van der Waals surface area contributed by atoms with Crippen LogP contribution in [0.25, 0.3) is 0 Å². The zero-order chi connectivity index (χ0) is 11.4. The van der Waals surface area contributed by atoms with Gasteiger partial charge in [-0.15, -0.1) is 0 Å². The molecule has 16 heavy (non-hydrogen) atoms. The number of hydrogen-bond donors (Lipinski definition) is 1. The number of hydrogen-bond acceptors (Lipinski definition) is 1. The van der Waals surface area contributed by atoms with Gasteiger partial charge in [0.15, 0.2) is 12.7 Å². The molecular weight excluding hydrogens is 200 g/mol. The van der Waals surface area contributed by atoms with Crippen molar-refractivity contribution in [3.63, 3.8) is 0 Å². The smallest absolute Gasteiger partial charge is 0.250 e. The van der Waals surface area contributed by atoms with Gasteiger partial charge in [0.25, 0.3) is 5.91 Å². The van der Waals surface area contributed by atoms with Gasteiger partial charge in [0.1, 0.15) is 6.21 Å². The van der Waals surface area contributed by atoms with Crippen LogP contribution in [-0.2, 0) is 11.3 Å². The van der Waals surface area contributed by atoms with Crippen molar-refractivity contribution in [3.05, 3.63) is 47.7 Å². The molecule has 1 aliphatic heterocycles. The fourth-order valence-electron chi connectivity index (χ4n) is 1.79. The first-order valence-electron chi connectivity index (χ1n) is 5.39. The molecule has 0 aromatic heterocycles. The van der Waals surface area contributed by atoms with Gasteiger partial charge in [0.2, 0.25) is 0 Å². The quantitative estimate of drug-likeness (QED) is 0.762. The summed E-state index contributed by atoms with van der Waals surface area (Å²) in [6.45, 7) is 0.789. The molecular formula is C13H15N2O+. The van der Waals surface area contributed by atoms with E-state index in [1.807, 2.05) is 29.0 Å². The second kappa shape index (κ2) is 4.75. The van der Waals surface area contributed by atoms with Crippen LogP contribution in [0, 0.1) is 0 Å². The number of primary amides is 1. The summed E-state index contributed by atoms with van der Waals surface area (Å²) >= 11 is 0. The van der Waals surface area contributed by atoms with Crippen LogP contribution in [0.5, 0.6) is 0 Å². The van der Waals surface area contributed by atoms with Gasteiger partial charge in [-0.2, -0.15) is 0 Å². The molecule has 0 bridgehead atoms. The van der Waals surface area contributed by atoms with Crippen molar-refractivity contribution in [2.75, 3.05) is 0 Å². The van der Waals surface area contributed by atoms with E-state index in [9.17, 15) is 4.79 Å². The minimum atomic E-state index is -0.314. The minimum Gasteiger partial charge on any atom is -0.366 e. The first-order valence-corrected chi connectivity index (χ1v) is 5.39. The first-order chi connectivity index (χ1) is 7.75. The lowest BCUT2D eigenvalue weighted by atomic mass is 10.1. The highest BCUT2D eigenvalue weighted by molar-refractivity contribution is 5.92. The topological polar surface area (TPSA) is 46.1 Å². The summed E-state index contributed by atoms with van der Waals surface area (Å²) < 4.78 is 2.03. The van der Waals surface area contributed by atoms with Crippen LogP contribution in [-0.4, -0.2) is 16.7 Å². The summed E-state index contributed by atoms with van der Waals surface area (Å²) in [5.74, 6) is -0.314. The maximum Gasteiger partial charge on any atom is 0.250 e. The third-order valence-electron chi connectivity index (χ3n) is 2.62. The first kappa shape index (κ1) is 10.6. The molecule has 0 atom stereocenters. The van der Waals surface area contributed by atoms with E-state index in [0.29, 0.717) is 5.57 Å². The summed E-state index contributed by atoms with van der Waals surface area (Å²) in [6.07, 6.45) is 5.57. The molecule has 1 amide bonds. The number of nitrogens with two attached hydrogens (primary N) is 1. The summed E-state index contributed by atoms with van der Waals surface area (Å²) in [5, 5.41) is 0. The Balaban J connectivity index is 2.12. The number of amides is 1. The van der Waals surface area contributed by atoms with Gasteiger partial charge < -0.3 is 5.73 Å². The fourth-order valence-corrected chi connectivity index (χ4v) is 1.79. The molecule has 1 aliphatic rings. The van der Waals surface area contributed by atoms with Crippen LogP contribution in [0.2, 0.25) is 0 Å². The number of benzene rings is 1. The molecule has 0 aliphatic carbocycles. The molecule has 1 heterocycles. The lowest BCUT2D eigenvalue weighted by molar-refractivity contribution is -0.472. The molecule has 2 N–H and O–H groups in total. The molecule has 0 saturated heterocycles. The van der Waals surface area contributed by atoms with Gasteiger partial charge in [-0.25, -0.2) is 4.58 Å². The standard InChI is InChI=1S/C13H14N2O/c14-13(16)12-7-4-8-15(10-12)9-11-5-2-1-3-6-11/h1-3,5-6,8,10H,4,7,9H2,(H-,14,16)/p+1. The monoisotopic (exact) mass is 215 g/mol. The molecule has 0 radical (unpaired) electrons. The van der Waals surface area contributed by atoms with Crippen LogP contribution in [0.15, 0.2) is 42.1 Å². The van der Waals surface area contributed by atoms with E-state index in [4.69, 9.17) is 5.73 Å². The molecule has 0 fully saturated rings. The minimum absolute atomic E-state index is 0.314. The summed E-state index contributed by atoms with van der Waals surface area (Å²) in [4.78, 5) is 11.1. The van der Waals surface area contributed by atoms with Gasteiger partial charge in [-0.3, -0.25) is 4.79 Å². The van der Waals surface area contributed by atoms with E-state index in [2.05, 4.69) is 18.3 Å². The second-order valence-corrected chi connectivity index (χ2v) is 3.90. The predicted molar refractivity (Wildman–Crippen MR) is 63.0 cm³/mol. The summed E-state index contributed by atoms with van der Waals surface area (Å²) in [5.41, 5.74) is 7.20. The Labute approximate surface area is 94.9 Å². The van der Waals surface area contributed by atoms with Crippen LogP contribution >= 0.6 is 0 Å². The molecule has 2 rings (SSSR count). The van der Waals surface area contributed by atoms with Crippen LogP contribution in [0.4, 0.5) is 0 Å². The van der Waals surface area contributed by atoms with Crippen molar-refractivity contribution < 1.29 is 9.37 Å². The Hall–Kier alpha value is -1.90. The van der Waals surface area contributed by atoms with E-state index in [0.717, 1.165) is 19.4 Å². The van der Waals surface area contributed by atoms with Crippen molar-refractivity contribution in [1.82, 2.24) is 0 Å². The van der Waals surface area contributed by atoms with Crippen LogP contribution < -0.4 is 5.73 Å². The maximum absolute atomic E-state index is 11.1.